The number of amides is 1. The minimum atomic E-state index is -0.0379. The van der Waals surface area contributed by atoms with Crippen molar-refractivity contribution >= 4 is 17.5 Å². The van der Waals surface area contributed by atoms with Crippen molar-refractivity contribution in [2.75, 3.05) is 19.8 Å². The lowest BCUT2D eigenvalue weighted by atomic mass is 9.83. The van der Waals surface area contributed by atoms with Crippen LogP contribution >= 0.6 is 11.6 Å². The third-order valence-electron chi connectivity index (χ3n) is 4.16. The van der Waals surface area contributed by atoms with Gasteiger partial charge in [0.1, 0.15) is 10.8 Å². The van der Waals surface area contributed by atoms with Gasteiger partial charge in [-0.1, -0.05) is 32.4 Å². The lowest BCUT2D eigenvalue weighted by Gasteiger charge is -2.35. The van der Waals surface area contributed by atoms with Crippen molar-refractivity contribution in [1.29, 1.82) is 0 Å². The second-order valence-corrected chi connectivity index (χ2v) is 8.86. The SMILES string of the molecule is CC(=O)N[C@@H](C)CO[C@H]1C[C@H](COc2nccc(OCC(C)(C)C)c2Cl)C1. The average molecular weight is 399 g/mol. The number of pyridine rings is 1. The Morgan fingerprint density at radius 2 is 2.07 bits per heavy atom. The topological polar surface area (TPSA) is 69.7 Å². The van der Waals surface area contributed by atoms with Crippen molar-refractivity contribution in [3.63, 3.8) is 0 Å². The van der Waals surface area contributed by atoms with Crippen molar-refractivity contribution in [3.8, 4) is 11.6 Å². The molecule has 1 aliphatic rings. The Morgan fingerprint density at radius 3 is 2.70 bits per heavy atom. The number of aromatic nitrogens is 1. The Kier molecular flexibility index (Phi) is 7.74. The number of carbonyl (C=O) groups excluding carboxylic acids is 1. The predicted molar refractivity (Wildman–Crippen MR) is 105 cm³/mol. The molecule has 7 heteroatoms. The van der Waals surface area contributed by atoms with E-state index < -0.39 is 0 Å². The number of rotatable bonds is 9. The lowest BCUT2D eigenvalue weighted by molar-refractivity contribution is -0.120. The van der Waals surface area contributed by atoms with Gasteiger partial charge in [-0.25, -0.2) is 4.98 Å². The summed E-state index contributed by atoms with van der Waals surface area (Å²) in [7, 11) is 0. The molecule has 1 aromatic heterocycles. The molecule has 1 atom stereocenters. The maximum atomic E-state index is 11.0. The van der Waals surface area contributed by atoms with Crippen LogP contribution in [0.2, 0.25) is 5.02 Å². The maximum Gasteiger partial charge on any atom is 0.236 e. The van der Waals surface area contributed by atoms with E-state index in [-0.39, 0.29) is 23.5 Å². The van der Waals surface area contributed by atoms with Gasteiger partial charge in [0.05, 0.1) is 25.9 Å². The molecule has 1 amide bonds. The van der Waals surface area contributed by atoms with Crippen molar-refractivity contribution in [3.05, 3.63) is 17.3 Å². The molecule has 0 saturated heterocycles. The highest BCUT2D eigenvalue weighted by atomic mass is 35.5. The molecule has 0 unspecified atom stereocenters. The zero-order chi connectivity index (χ0) is 20.0. The quantitative estimate of drug-likeness (QED) is 0.684. The van der Waals surface area contributed by atoms with Crippen LogP contribution in [0.3, 0.4) is 0 Å². The number of hydrogen-bond acceptors (Lipinski definition) is 5. The Morgan fingerprint density at radius 1 is 1.37 bits per heavy atom. The van der Waals surface area contributed by atoms with Crippen molar-refractivity contribution in [2.45, 2.75) is 59.6 Å². The van der Waals surface area contributed by atoms with Gasteiger partial charge in [0.2, 0.25) is 11.8 Å². The van der Waals surface area contributed by atoms with E-state index in [2.05, 4.69) is 31.1 Å². The molecule has 1 aliphatic carbocycles. The minimum absolute atomic E-state index is 0.0247. The minimum Gasteiger partial charge on any atom is -0.491 e. The molecule has 0 aromatic carbocycles. The van der Waals surface area contributed by atoms with E-state index >= 15 is 0 Å². The molecular formula is C20H31ClN2O4. The van der Waals surface area contributed by atoms with Gasteiger partial charge in [-0.05, 0) is 31.1 Å². The first-order valence-electron chi connectivity index (χ1n) is 9.43. The fraction of sp³-hybridized carbons (Fsp3) is 0.700. The van der Waals surface area contributed by atoms with Crippen LogP contribution < -0.4 is 14.8 Å². The van der Waals surface area contributed by atoms with Crippen LogP contribution in [0.25, 0.3) is 0 Å². The van der Waals surface area contributed by atoms with E-state index in [1.807, 2.05) is 6.92 Å². The number of carbonyl (C=O) groups is 1. The molecule has 152 valence electrons. The molecule has 2 rings (SSSR count). The summed E-state index contributed by atoms with van der Waals surface area (Å²) in [5.41, 5.74) is 0.0476. The Labute approximate surface area is 166 Å². The first-order chi connectivity index (χ1) is 12.6. The first-order valence-corrected chi connectivity index (χ1v) is 9.80. The fourth-order valence-corrected chi connectivity index (χ4v) is 2.95. The predicted octanol–water partition coefficient (Wildman–Crippen LogP) is 3.86. The van der Waals surface area contributed by atoms with Crippen LogP contribution in [0.15, 0.2) is 12.3 Å². The standard InChI is InChI=1S/C20H31ClN2O4/c1-13(23-14(2)24)10-25-16-8-15(9-16)11-26-19-18(21)17(6-7-22-19)27-12-20(3,4)5/h6-7,13,15-16H,8-12H2,1-5H3,(H,23,24)/t13-,15-,16-/m0/s1. The fourth-order valence-electron chi connectivity index (χ4n) is 2.73. The number of ether oxygens (including phenoxy) is 3. The Bertz CT molecular complexity index is 627. The average Bonchev–Trinajstić information content (AvgIpc) is 2.51. The molecule has 1 N–H and O–H groups in total. The summed E-state index contributed by atoms with van der Waals surface area (Å²) in [6.07, 6.45) is 3.74. The monoisotopic (exact) mass is 398 g/mol. The highest BCUT2D eigenvalue weighted by Crippen LogP contribution is 2.35. The molecule has 0 aliphatic heterocycles. The van der Waals surface area contributed by atoms with Gasteiger partial charge in [0.25, 0.3) is 0 Å². The molecular weight excluding hydrogens is 368 g/mol. The first kappa shape index (κ1) is 21.8. The second-order valence-electron chi connectivity index (χ2n) is 8.48. The van der Waals surface area contributed by atoms with Crippen LogP contribution in [-0.2, 0) is 9.53 Å². The molecule has 6 nitrogen and oxygen atoms in total. The van der Waals surface area contributed by atoms with Crippen molar-refractivity contribution < 1.29 is 19.0 Å². The van der Waals surface area contributed by atoms with E-state index in [0.29, 0.717) is 42.4 Å². The molecule has 0 radical (unpaired) electrons. The molecule has 0 spiro atoms. The molecule has 27 heavy (non-hydrogen) atoms. The lowest BCUT2D eigenvalue weighted by Crippen LogP contribution is -2.40. The van der Waals surface area contributed by atoms with Gasteiger partial charge < -0.3 is 19.5 Å². The van der Waals surface area contributed by atoms with Crippen LogP contribution in [0, 0.1) is 11.3 Å². The van der Waals surface area contributed by atoms with Crippen LogP contribution in [0.4, 0.5) is 0 Å². The summed E-state index contributed by atoms with van der Waals surface area (Å²) in [5.74, 6) is 1.39. The number of halogens is 1. The van der Waals surface area contributed by atoms with Gasteiger partial charge in [-0.3, -0.25) is 4.79 Å². The van der Waals surface area contributed by atoms with E-state index in [1.165, 1.54) is 6.92 Å². The Hall–Kier alpha value is -1.53. The van der Waals surface area contributed by atoms with E-state index in [1.54, 1.807) is 12.3 Å². The number of nitrogens with zero attached hydrogens (tertiary/aromatic N) is 1. The van der Waals surface area contributed by atoms with Crippen LogP contribution in [0.5, 0.6) is 11.6 Å². The van der Waals surface area contributed by atoms with Crippen molar-refractivity contribution in [2.24, 2.45) is 11.3 Å². The third-order valence-corrected chi connectivity index (χ3v) is 4.51. The highest BCUT2D eigenvalue weighted by Gasteiger charge is 2.31. The zero-order valence-electron chi connectivity index (χ0n) is 16.9. The van der Waals surface area contributed by atoms with Gasteiger partial charge in [0.15, 0.2) is 0 Å². The van der Waals surface area contributed by atoms with Gasteiger partial charge >= 0.3 is 0 Å². The van der Waals surface area contributed by atoms with Crippen LogP contribution in [-0.4, -0.2) is 42.9 Å². The molecule has 1 fully saturated rings. The number of nitrogens with one attached hydrogen (secondary N) is 1. The Balaban J connectivity index is 1.71. The van der Waals surface area contributed by atoms with Crippen molar-refractivity contribution in [1.82, 2.24) is 10.3 Å². The third kappa shape index (κ3) is 7.54. The van der Waals surface area contributed by atoms with Gasteiger partial charge in [-0.2, -0.15) is 0 Å². The summed E-state index contributed by atoms with van der Waals surface area (Å²) in [6, 6.07) is 1.78. The number of hydrogen-bond donors (Lipinski definition) is 1. The summed E-state index contributed by atoms with van der Waals surface area (Å²) >= 11 is 6.37. The largest absolute Gasteiger partial charge is 0.491 e. The zero-order valence-corrected chi connectivity index (χ0v) is 17.6. The second kappa shape index (κ2) is 9.60. The van der Waals surface area contributed by atoms with Crippen LogP contribution in [0.1, 0.15) is 47.5 Å². The molecule has 1 saturated carbocycles. The molecule has 1 aromatic rings. The maximum absolute atomic E-state index is 11.0. The summed E-state index contributed by atoms with van der Waals surface area (Å²) in [5, 5.41) is 3.23. The summed E-state index contributed by atoms with van der Waals surface area (Å²) in [6.45, 7) is 11.4. The molecule has 1 heterocycles. The van der Waals surface area contributed by atoms with Gasteiger partial charge in [0, 0.05) is 25.2 Å². The van der Waals surface area contributed by atoms with E-state index in [0.717, 1.165) is 12.8 Å². The normalized spacial score (nSPS) is 20.5. The summed E-state index contributed by atoms with van der Waals surface area (Å²) in [4.78, 5) is 15.2. The smallest absolute Gasteiger partial charge is 0.236 e. The van der Waals surface area contributed by atoms with E-state index in [9.17, 15) is 4.79 Å². The van der Waals surface area contributed by atoms with E-state index in [4.69, 9.17) is 25.8 Å². The highest BCUT2D eigenvalue weighted by molar-refractivity contribution is 6.33. The summed E-state index contributed by atoms with van der Waals surface area (Å²) < 4.78 is 17.4. The molecule has 0 bridgehead atoms. The van der Waals surface area contributed by atoms with Gasteiger partial charge in [-0.15, -0.1) is 0 Å².